The second-order valence-corrected chi connectivity index (χ2v) is 4.46. The van der Waals surface area contributed by atoms with E-state index < -0.39 is 0 Å². The Labute approximate surface area is 107 Å². The van der Waals surface area contributed by atoms with Gasteiger partial charge in [0.25, 0.3) is 0 Å². The molecule has 0 saturated carbocycles. The third-order valence-corrected chi connectivity index (χ3v) is 2.86. The Balaban J connectivity index is 3.03. The fourth-order valence-corrected chi connectivity index (χ4v) is 1.83. The molecule has 1 nitrogen and oxygen atoms in total. The molecule has 0 aromatic carbocycles. The van der Waals surface area contributed by atoms with Crippen molar-refractivity contribution in [2.75, 3.05) is 0 Å². The summed E-state index contributed by atoms with van der Waals surface area (Å²) in [6, 6.07) is 0. The molecular weight excluding hydrogens is 208 g/mol. The Morgan fingerprint density at radius 2 is 1.24 bits per heavy atom. The smallest absolute Gasteiger partial charge is 0.186 e. The van der Waals surface area contributed by atoms with Gasteiger partial charge in [0, 0.05) is 12.3 Å². The molecular formula is C16H25O. The van der Waals surface area contributed by atoms with Crippen LogP contribution in [0.3, 0.4) is 0 Å². The van der Waals surface area contributed by atoms with Gasteiger partial charge >= 0.3 is 0 Å². The van der Waals surface area contributed by atoms with E-state index >= 15 is 0 Å². The second kappa shape index (κ2) is 14.9. The average molecular weight is 233 g/mol. The molecule has 0 rings (SSSR count). The number of hydrogen-bond donors (Lipinski definition) is 0. The van der Waals surface area contributed by atoms with Crippen LogP contribution >= 0.6 is 0 Å². The van der Waals surface area contributed by atoms with Gasteiger partial charge in [-0.05, 0) is 12.3 Å². The van der Waals surface area contributed by atoms with Crippen LogP contribution in [0.15, 0.2) is 0 Å². The van der Waals surface area contributed by atoms with E-state index in [-0.39, 0.29) is 0 Å². The summed E-state index contributed by atoms with van der Waals surface area (Å²) in [6.45, 7) is 2.26. The van der Waals surface area contributed by atoms with Gasteiger partial charge in [0.05, 0.1) is 0 Å². The number of rotatable bonds is 10. The molecule has 0 atom stereocenters. The molecule has 0 N–H and O–H groups in total. The number of unbranched alkanes of at least 4 members (excludes halogenated alkanes) is 10. The molecule has 1 radical (unpaired) electrons. The fraction of sp³-hybridized carbons (Fsp3) is 0.750. The second-order valence-electron chi connectivity index (χ2n) is 4.46. The fourth-order valence-electron chi connectivity index (χ4n) is 1.83. The zero-order valence-corrected chi connectivity index (χ0v) is 11.2. The van der Waals surface area contributed by atoms with E-state index in [0.29, 0.717) is 0 Å². The van der Waals surface area contributed by atoms with Crippen molar-refractivity contribution in [3.63, 3.8) is 0 Å². The normalized spacial score (nSPS) is 9.00. The van der Waals surface area contributed by atoms with Crippen molar-refractivity contribution in [1.29, 1.82) is 0 Å². The summed E-state index contributed by atoms with van der Waals surface area (Å²) in [7, 11) is 0. The third-order valence-electron chi connectivity index (χ3n) is 2.86. The Bertz CT molecular complexity index is 259. The summed E-state index contributed by atoms with van der Waals surface area (Å²) in [5.74, 6) is 7.65. The number of hydrogen-bond acceptors (Lipinski definition) is 0. The summed E-state index contributed by atoms with van der Waals surface area (Å²) in [5, 5.41) is 9.77. The van der Waals surface area contributed by atoms with Gasteiger partial charge in [-0.25, -0.2) is 5.11 Å². The van der Waals surface area contributed by atoms with Crippen LogP contribution in [0.25, 0.3) is 0 Å². The van der Waals surface area contributed by atoms with Crippen LogP contribution in [0.1, 0.15) is 77.6 Å². The summed E-state index contributed by atoms with van der Waals surface area (Å²) < 4.78 is 0. The molecule has 0 aromatic rings. The molecule has 0 fully saturated rings. The standard InChI is InChI=1S/C16H25O/c1-2-3-4-5-6-7-8-9-10-11-12-13-14-15-16-17/h2-12H2,1H3. The van der Waals surface area contributed by atoms with Crippen LogP contribution in [0, 0.1) is 23.9 Å². The molecule has 0 aliphatic rings. The molecule has 0 aromatic heterocycles. The summed E-state index contributed by atoms with van der Waals surface area (Å²) in [5.41, 5.74) is 0. The van der Waals surface area contributed by atoms with E-state index in [1.807, 2.05) is 0 Å². The Morgan fingerprint density at radius 1 is 0.706 bits per heavy atom. The topological polar surface area (TPSA) is 19.9 Å². The van der Waals surface area contributed by atoms with Gasteiger partial charge in [-0.15, -0.1) is 0 Å². The predicted octanol–water partition coefficient (Wildman–Crippen LogP) is 4.69. The molecule has 0 aliphatic carbocycles. The van der Waals surface area contributed by atoms with Gasteiger partial charge in [-0.2, -0.15) is 0 Å². The van der Waals surface area contributed by atoms with Gasteiger partial charge < -0.3 is 0 Å². The van der Waals surface area contributed by atoms with E-state index in [2.05, 4.69) is 24.7 Å². The van der Waals surface area contributed by atoms with Crippen LogP contribution < -0.4 is 0 Å². The highest BCUT2D eigenvalue weighted by Crippen LogP contribution is 2.10. The molecule has 0 aliphatic heterocycles. The minimum atomic E-state index is 0.880. The lowest BCUT2D eigenvalue weighted by molar-refractivity contribution is 0.392. The average Bonchev–Trinajstić information content (AvgIpc) is 2.35. The summed E-state index contributed by atoms with van der Waals surface area (Å²) in [4.78, 5) is 0. The maximum Gasteiger partial charge on any atom is 0.186 e. The monoisotopic (exact) mass is 233 g/mol. The van der Waals surface area contributed by atoms with Gasteiger partial charge in [-0.3, -0.25) is 0 Å². The largest absolute Gasteiger partial charge is 0.223 e. The van der Waals surface area contributed by atoms with Crippen LogP contribution in [-0.2, 0) is 5.11 Å². The first-order valence-electron chi connectivity index (χ1n) is 7.01. The van der Waals surface area contributed by atoms with Gasteiger partial charge in [0.15, 0.2) is 6.11 Å². The molecule has 0 saturated heterocycles. The molecule has 95 valence electrons. The van der Waals surface area contributed by atoms with Crippen LogP contribution in [0.4, 0.5) is 0 Å². The van der Waals surface area contributed by atoms with Gasteiger partial charge in [0.2, 0.25) is 0 Å². The molecule has 0 bridgehead atoms. The quantitative estimate of drug-likeness (QED) is 0.385. The Morgan fingerprint density at radius 3 is 1.76 bits per heavy atom. The minimum absolute atomic E-state index is 0.880. The molecule has 0 amide bonds. The highest BCUT2D eigenvalue weighted by atomic mass is 16.2. The SMILES string of the molecule is CCCCCCCCCCCCC#CC#C[O]. The maximum absolute atomic E-state index is 9.77. The molecule has 1 heteroatoms. The maximum atomic E-state index is 9.77. The van der Waals surface area contributed by atoms with Crippen molar-refractivity contribution in [2.45, 2.75) is 77.6 Å². The molecule has 0 spiro atoms. The highest BCUT2D eigenvalue weighted by Gasteiger charge is 1.91. The zero-order valence-electron chi connectivity index (χ0n) is 11.2. The van der Waals surface area contributed by atoms with Crippen LogP contribution in [0.5, 0.6) is 0 Å². The molecule has 0 unspecified atom stereocenters. The molecule has 0 heterocycles. The lowest BCUT2D eigenvalue weighted by Gasteiger charge is -2.00. The van der Waals surface area contributed by atoms with Crippen LogP contribution in [-0.4, -0.2) is 0 Å². The first-order valence-corrected chi connectivity index (χ1v) is 7.01. The van der Waals surface area contributed by atoms with Crippen LogP contribution in [0.2, 0.25) is 0 Å². The van der Waals surface area contributed by atoms with E-state index in [1.54, 1.807) is 0 Å². The first kappa shape index (κ1) is 15.9. The third kappa shape index (κ3) is 14.9. The van der Waals surface area contributed by atoms with Crippen molar-refractivity contribution in [2.24, 2.45) is 0 Å². The van der Waals surface area contributed by atoms with Crippen molar-refractivity contribution >= 4 is 0 Å². The lowest BCUT2D eigenvalue weighted by Crippen LogP contribution is -1.81. The van der Waals surface area contributed by atoms with E-state index in [4.69, 9.17) is 0 Å². The summed E-state index contributed by atoms with van der Waals surface area (Å²) in [6.07, 6.45) is 15.8. The summed E-state index contributed by atoms with van der Waals surface area (Å²) >= 11 is 0. The van der Waals surface area contributed by atoms with Crippen molar-refractivity contribution in [3.05, 3.63) is 0 Å². The van der Waals surface area contributed by atoms with E-state index in [0.717, 1.165) is 12.8 Å². The van der Waals surface area contributed by atoms with Gasteiger partial charge in [-0.1, -0.05) is 70.6 Å². The predicted molar refractivity (Wildman–Crippen MR) is 72.7 cm³/mol. The Kier molecular flexibility index (Phi) is 14.0. The lowest BCUT2D eigenvalue weighted by atomic mass is 10.1. The van der Waals surface area contributed by atoms with Crippen molar-refractivity contribution in [1.82, 2.24) is 0 Å². The van der Waals surface area contributed by atoms with E-state index in [1.165, 1.54) is 63.9 Å². The molecule has 17 heavy (non-hydrogen) atoms. The minimum Gasteiger partial charge on any atom is -0.223 e. The Hall–Kier alpha value is -1.08. The highest BCUT2D eigenvalue weighted by molar-refractivity contribution is 5.23. The van der Waals surface area contributed by atoms with Crippen molar-refractivity contribution in [3.8, 4) is 23.9 Å². The van der Waals surface area contributed by atoms with E-state index in [9.17, 15) is 5.11 Å². The first-order chi connectivity index (χ1) is 8.41. The zero-order chi connectivity index (χ0) is 12.6. The van der Waals surface area contributed by atoms with Gasteiger partial charge in [0.1, 0.15) is 0 Å². The van der Waals surface area contributed by atoms with Crippen molar-refractivity contribution < 1.29 is 5.11 Å².